The van der Waals surface area contributed by atoms with Gasteiger partial charge in [0, 0.05) is 47.1 Å². The first-order chi connectivity index (χ1) is 13.4. The molecule has 0 aliphatic carbocycles. The third-order valence-electron chi connectivity index (χ3n) is 5.58. The molecule has 7 heteroatoms. The van der Waals surface area contributed by atoms with E-state index in [0.717, 1.165) is 28.5 Å². The molecule has 1 aliphatic heterocycles. The molecule has 1 amide bonds. The summed E-state index contributed by atoms with van der Waals surface area (Å²) in [6.07, 6.45) is 2.61. The van der Waals surface area contributed by atoms with Crippen molar-refractivity contribution < 1.29 is 13.2 Å². The summed E-state index contributed by atoms with van der Waals surface area (Å²) in [5, 5.41) is 5.27. The summed E-state index contributed by atoms with van der Waals surface area (Å²) in [6, 6.07) is 14.2. The van der Waals surface area contributed by atoms with Crippen LogP contribution in [0.3, 0.4) is 0 Å². The van der Waals surface area contributed by atoms with E-state index in [4.69, 9.17) is 0 Å². The summed E-state index contributed by atoms with van der Waals surface area (Å²) in [7, 11) is -3.27. The number of rotatable bonds is 4. The number of anilines is 1. The van der Waals surface area contributed by atoms with E-state index in [9.17, 15) is 13.2 Å². The van der Waals surface area contributed by atoms with Crippen molar-refractivity contribution in [1.82, 2.24) is 8.87 Å². The second-order valence-electron chi connectivity index (χ2n) is 7.44. The highest BCUT2D eigenvalue weighted by Gasteiger charge is 2.30. The van der Waals surface area contributed by atoms with Crippen LogP contribution in [0.2, 0.25) is 0 Å². The molecule has 1 atom stereocenters. The average molecular weight is 400 g/mol. The Balaban J connectivity index is 1.61. The van der Waals surface area contributed by atoms with Gasteiger partial charge in [-0.1, -0.05) is 18.2 Å². The normalized spacial score (nSPS) is 18.6. The van der Waals surface area contributed by atoms with Crippen LogP contribution in [0.15, 0.2) is 42.5 Å². The molecule has 2 aromatic carbocycles. The van der Waals surface area contributed by atoms with Crippen LogP contribution in [0.1, 0.15) is 19.8 Å². The molecule has 2 heterocycles. The molecule has 148 valence electrons. The SMILES string of the molecule is CCn1c2ccccc2c2cc(NC(=O)[C@H]3CCCN(S(C)(=O)=O)C3)ccc21. The summed E-state index contributed by atoms with van der Waals surface area (Å²) in [5.74, 6) is -0.442. The summed E-state index contributed by atoms with van der Waals surface area (Å²) in [6.45, 7) is 3.74. The van der Waals surface area contributed by atoms with E-state index in [1.807, 2.05) is 30.3 Å². The Morgan fingerprint density at radius 3 is 2.64 bits per heavy atom. The van der Waals surface area contributed by atoms with Gasteiger partial charge in [-0.3, -0.25) is 4.79 Å². The van der Waals surface area contributed by atoms with Crippen molar-refractivity contribution >= 4 is 43.4 Å². The Bertz CT molecular complexity index is 1150. The van der Waals surface area contributed by atoms with Gasteiger partial charge in [0.25, 0.3) is 0 Å². The van der Waals surface area contributed by atoms with E-state index in [-0.39, 0.29) is 18.4 Å². The lowest BCUT2D eigenvalue weighted by atomic mass is 9.98. The number of nitrogens with zero attached hydrogens (tertiary/aromatic N) is 2. The van der Waals surface area contributed by atoms with Gasteiger partial charge in [0.05, 0.1) is 12.2 Å². The minimum Gasteiger partial charge on any atom is -0.341 e. The van der Waals surface area contributed by atoms with E-state index in [0.29, 0.717) is 19.4 Å². The van der Waals surface area contributed by atoms with Crippen LogP contribution in [-0.4, -0.2) is 42.5 Å². The molecule has 0 radical (unpaired) electrons. The molecule has 3 aromatic rings. The van der Waals surface area contributed by atoms with Crippen molar-refractivity contribution in [2.24, 2.45) is 5.92 Å². The Morgan fingerprint density at radius 1 is 1.14 bits per heavy atom. The molecule has 1 saturated heterocycles. The molecule has 0 unspecified atom stereocenters. The number of nitrogens with one attached hydrogen (secondary N) is 1. The lowest BCUT2D eigenvalue weighted by Crippen LogP contribution is -2.43. The number of carbonyl (C=O) groups is 1. The fourth-order valence-corrected chi connectivity index (χ4v) is 5.09. The molecular weight excluding hydrogens is 374 g/mol. The standard InChI is InChI=1S/C21H25N3O3S/c1-3-24-19-9-5-4-8-17(19)18-13-16(10-11-20(18)24)22-21(25)15-7-6-12-23(14-15)28(2,26)27/h4-5,8-11,13,15H,3,6-7,12,14H2,1-2H3,(H,22,25)/t15-/m0/s1. The van der Waals surface area contributed by atoms with Gasteiger partial charge in [-0.2, -0.15) is 0 Å². The predicted molar refractivity (Wildman–Crippen MR) is 113 cm³/mol. The largest absolute Gasteiger partial charge is 0.341 e. The molecular formula is C21H25N3O3S. The van der Waals surface area contributed by atoms with Crippen LogP contribution >= 0.6 is 0 Å². The van der Waals surface area contributed by atoms with E-state index in [2.05, 4.69) is 28.9 Å². The van der Waals surface area contributed by atoms with Crippen LogP contribution in [0.5, 0.6) is 0 Å². The van der Waals surface area contributed by atoms with Crippen molar-refractivity contribution in [2.45, 2.75) is 26.3 Å². The highest BCUT2D eigenvalue weighted by atomic mass is 32.2. The number of para-hydroxylation sites is 1. The summed E-state index contributed by atoms with van der Waals surface area (Å²) in [4.78, 5) is 12.8. The van der Waals surface area contributed by atoms with Crippen molar-refractivity contribution in [3.05, 3.63) is 42.5 Å². The maximum Gasteiger partial charge on any atom is 0.228 e. The van der Waals surface area contributed by atoms with Gasteiger partial charge in [-0.05, 0) is 44.0 Å². The molecule has 1 N–H and O–H groups in total. The number of hydrogen-bond donors (Lipinski definition) is 1. The second-order valence-corrected chi connectivity index (χ2v) is 9.43. The van der Waals surface area contributed by atoms with Crippen molar-refractivity contribution in [1.29, 1.82) is 0 Å². The fourth-order valence-electron chi connectivity index (χ4n) is 4.17. The first kappa shape index (κ1) is 19.0. The van der Waals surface area contributed by atoms with Gasteiger partial charge in [-0.25, -0.2) is 12.7 Å². The maximum absolute atomic E-state index is 12.8. The first-order valence-corrected chi connectivity index (χ1v) is 11.5. The number of carbonyl (C=O) groups excluding carboxylic acids is 1. The number of aromatic nitrogens is 1. The van der Waals surface area contributed by atoms with Crippen LogP contribution in [0.4, 0.5) is 5.69 Å². The van der Waals surface area contributed by atoms with Crippen LogP contribution < -0.4 is 5.32 Å². The van der Waals surface area contributed by atoms with Crippen LogP contribution in [-0.2, 0) is 21.4 Å². The summed E-state index contributed by atoms with van der Waals surface area (Å²) >= 11 is 0. The number of benzene rings is 2. The minimum absolute atomic E-state index is 0.119. The summed E-state index contributed by atoms with van der Waals surface area (Å²) in [5.41, 5.74) is 3.06. The number of sulfonamides is 1. The van der Waals surface area contributed by atoms with Crippen molar-refractivity contribution in [2.75, 3.05) is 24.7 Å². The van der Waals surface area contributed by atoms with Gasteiger partial charge in [0.1, 0.15) is 0 Å². The Labute approximate surface area is 165 Å². The Kier molecular flexibility index (Phi) is 4.89. The maximum atomic E-state index is 12.8. The number of amides is 1. The molecule has 0 bridgehead atoms. The molecule has 1 aromatic heterocycles. The zero-order valence-electron chi connectivity index (χ0n) is 16.2. The van der Waals surface area contributed by atoms with Crippen LogP contribution in [0.25, 0.3) is 21.8 Å². The highest BCUT2D eigenvalue weighted by Crippen LogP contribution is 2.31. The monoisotopic (exact) mass is 399 g/mol. The fraction of sp³-hybridized carbons (Fsp3) is 0.381. The quantitative estimate of drug-likeness (QED) is 0.731. The van der Waals surface area contributed by atoms with Crippen LogP contribution in [0, 0.1) is 5.92 Å². The third kappa shape index (κ3) is 3.40. The molecule has 0 spiro atoms. The Morgan fingerprint density at radius 2 is 1.89 bits per heavy atom. The molecule has 4 rings (SSSR count). The van der Waals surface area contributed by atoms with Gasteiger partial charge < -0.3 is 9.88 Å². The number of hydrogen-bond acceptors (Lipinski definition) is 3. The number of fused-ring (bicyclic) bond motifs is 3. The van der Waals surface area contributed by atoms with E-state index in [1.165, 1.54) is 16.1 Å². The van der Waals surface area contributed by atoms with E-state index < -0.39 is 10.0 Å². The van der Waals surface area contributed by atoms with Gasteiger partial charge >= 0.3 is 0 Å². The summed E-state index contributed by atoms with van der Waals surface area (Å²) < 4.78 is 27.3. The first-order valence-electron chi connectivity index (χ1n) is 9.65. The van der Waals surface area contributed by atoms with E-state index in [1.54, 1.807) is 0 Å². The highest BCUT2D eigenvalue weighted by molar-refractivity contribution is 7.88. The zero-order chi connectivity index (χ0) is 19.9. The lowest BCUT2D eigenvalue weighted by molar-refractivity contribution is -0.120. The van der Waals surface area contributed by atoms with Crippen molar-refractivity contribution in [3.63, 3.8) is 0 Å². The third-order valence-corrected chi connectivity index (χ3v) is 6.85. The topological polar surface area (TPSA) is 71.4 Å². The zero-order valence-corrected chi connectivity index (χ0v) is 17.0. The average Bonchev–Trinajstić information content (AvgIpc) is 3.00. The number of piperidine rings is 1. The minimum atomic E-state index is -3.27. The Hall–Kier alpha value is -2.38. The molecule has 6 nitrogen and oxygen atoms in total. The van der Waals surface area contributed by atoms with Gasteiger partial charge in [0.15, 0.2) is 0 Å². The number of aryl methyl sites for hydroxylation is 1. The predicted octanol–water partition coefficient (Wildman–Crippen LogP) is 3.42. The molecule has 28 heavy (non-hydrogen) atoms. The van der Waals surface area contributed by atoms with Gasteiger partial charge in [0.2, 0.25) is 15.9 Å². The van der Waals surface area contributed by atoms with Crippen molar-refractivity contribution in [3.8, 4) is 0 Å². The molecule has 1 aliphatic rings. The smallest absolute Gasteiger partial charge is 0.228 e. The van der Waals surface area contributed by atoms with E-state index >= 15 is 0 Å². The van der Waals surface area contributed by atoms with Gasteiger partial charge in [-0.15, -0.1) is 0 Å². The molecule has 1 fully saturated rings. The second kappa shape index (κ2) is 7.22. The lowest BCUT2D eigenvalue weighted by Gasteiger charge is -2.30. The molecule has 0 saturated carbocycles.